The Labute approximate surface area is 57.7 Å². The molecule has 3 saturated heterocycles. The summed E-state index contributed by atoms with van der Waals surface area (Å²) in [5, 5.41) is 9.38. The molecule has 3 heterocycles. The molecule has 2 bridgehead atoms. The third-order valence-electron chi connectivity index (χ3n) is 2.28. The number of fused-ring (bicyclic) bond motifs is 4. The molecule has 0 unspecified atom stereocenters. The predicted octanol–water partition coefficient (Wildman–Crippen LogP) is -1.13. The van der Waals surface area contributed by atoms with Crippen molar-refractivity contribution in [2.24, 2.45) is 0 Å². The van der Waals surface area contributed by atoms with Gasteiger partial charge < -0.3 is 19.3 Å². The van der Waals surface area contributed by atoms with Gasteiger partial charge in [0.15, 0.2) is 6.29 Å². The van der Waals surface area contributed by atoms with Crippen LogP contribution in [0.5, 0.6) is 0 Å². The third-order valence-corrected chi connectivity index (χ3v) is 2.28. The van der Waals surface area contributed by atoms with Crippen LogP contribution < -0.4 is 0 Å². The molecule has 3 fully saturated rings. The molecule has 0 spiro atoms. The Morgan fingerprint density at radius 2 is 2.10 bits per heavy atom. The molecule has 56 valence electrons. The fourth-order valence-electron chi connectivity index (χ4n) is 1.63. The molecule has 0 radical (unpaired) electrons. The van der Waals surface area contributed by atoms with E-state index < -0.39 is 6.10 Å². The van der Waals surface area contributed by atoms with Crippen LogP contribution in [0, 0.1) is 0 Å². The van der Waals surface area contributed by atoms with Crippen LogP contribution in [0.4, 0.5) is 0 Å². The van der Waals surface area contributed by atoms with Crippen LogP contribution in [0.25, 0.3) is 0 Å². The summed E-state index contributed by atoms with van der Waals surface area (Å²) in [5.74, 6) is 0. The van der Waals surface area contributed by atoms with E-state index in [2.05, 4.69) is 0 Å². The fourth-order valence-corrected chi connectivity index (χ4v) is 1.63. The van der Waals surface area contributed by atoms with Crippen LogP contribution in [0.15, 0.2) is 0 Å². The van der Waals surface area contributed by atoms with Crippen molar-refractivity contribution in [1.82, 2.24) is 0 Å². The number of rotatable bonds is 0. The minimum atomic E-state index is -0.469. The molecule has 4 nitrogen and oxygen atoms in total. The van der Waals surface area contributed by atoms with Crippen molar-refractivity contribution in [3.05, 3.63) is 0 Å². The van der Waals surface area contributed by atoms with Gasteiger partial charge in [0.2, 0.25) is 0 Å². The van der Waals surface area contributed by atoms with Crippen molar-refractivity contribution >= 4 is 0 Å². The lowest BCUT2D eigenvalue weighted by Gasteiger charge is -2.18. The molecule has 0 aromatic rings. The second-order valence-corrected chi connectivity index (χ2v) is 2.93. The lowest BCUT2D eigenvalue weighted by atomic mass is 10.1. The van der Waals surface area contributed by atoms with Gasteiger partial charge in [0.1, 0.15) is 24.4 Å². The van der Waals surface area contributed by atoms with Gasteiger partial charge in [-0.25, -0.2) is 0 Å². The highest BCUT2D eigenvalue weighted by atomic mass is 16.8. The normalized spacial score (nSPS) is 63.9. The van der Waals surface area contributed by atoms with E-state index in [4.69, 9.17) is 14.2 Å². The molecule has 4 heteroatoms. The van der Waals surface area contributed by atoms with Gasteiger partial charge in [-0.15, -0.1) is 0 Å². The first kappa shape index (κ1) is 5.49. The SMILES string of the molecule is O[C@@H]1[C@H]2O[C@@H]2[C@@H]2OC[C@H]1O2. The van der Waals surface area contributed by atoms with Gasteiger partial charge in [-0.2, -0.15) is 0 Å². The van der Waals surface area contributed by atoms with E-state index in [1.54, 1.807) is 0 Å². The lowest BCUT2D eigenvalue weighted by molar-refractivity contribution is -0.103. The highest BCUT2D eigenvalue weighted by molar-refractivity contribution is 5.03. The number of hydrogen-bond acceptors (Lipinski definition) is 4. The Morgan fingerprint density at radius 3 is 3.00 bits per heavy atom. The van der Waals surface area contributed by atoms with Gasteiger partial charge in [-0.05, 0) is 0 Å². The Hall–Kier alpha value is -0.160. The molecular formula is C6H8O4. The van der Waals surface area contributed by atoms with Crippen molar-refractivity contribution in [1.29, 1.82) is 0 Å². The zero-order chi connectivity index (χ0) is 6.72. The first-order valence-corrected chi connectivity index (χ1v) is 3.47. The molecule has 3 aliphatic rings. The highest BCUT2D eigenvalue weighted by Crippen LogP contribution is 2.41. The highest BCUT2D eigenvalue weighted by Gasteiger charge is 2.61. The second kappa shape index (κ2) is 1.53. The van der Waals surface area contributed by atoms with Crippen molar-refractivity contribution in [2.45, 2.75) is 30.7 Å². The van der Waals surface area contributed by atoms with Crippen LogP contribution in [0.3, 0.4) is 0 Å². The molecule has 0 aromatic carbocycles. The monoisotopic (exact) mass is 144 g/mol. The fraction of sp³-hybridized carbons (Fsp3) is 1.00. The van der Waals surface area contributed by atoms with Gasteiger partial charge in [-0.1, -0.05) is 0 Å². The molecule has 3 rings (SSSR count). The van der Waals surface area contributed by atoms with Crippen molar-refractivity contribution < 1.29 is 19.3 Å². The molecule has 1 N–H and O–H groups in total. The molecule has 3 aliphatic heterocycles. The van der Waals surface area contributed by atoms with Crippen LogP contribution in [0.1, 0.15) is 0 Å². The summed E-state index contributed by atoms with van der Waals surface area (Å²) < 4.78 is 15.6. The lowest BCUT2D eigenvalue weighted by Crippen LogP contribution is -2.39. The largest absolute Gasteiger partial charge is 0.387 e. The van der Waals surface area contributed by atoms with Crippen molar-refractivity contribution in [3.63, 3.8) is 0 Å². The van der Waals surface area contributed by atoms with E-state index in [9.17, 15) is 5.11 Å². The van der Waals surface area contributed by atoms with Crippen LogP contribution in [-0.2, 0) is 14.2 Å². The van der Waals surface area contributed by atoms with E-state index in [0.29, 0.717) is 6.61 Å². The summed E-state index contributed by atoms with van der Waals surface area (Å²) in [6.07, 6.45) is -0.809. The first-order chi connectivity index (χ1) is 4.86. The minimum Gasteiger partial charge on any atom is -0.387 e. The molecule has 0 amide bonds. The smallest absolute Gasteiger partial charge is 0.187 e. The number of epoxide rings is 1. The van der Waals surface area contributed by atoms with E-state index >= 15 is 0 Å². The molecular weight excluding hydrogens is 136 g/mol. The summed E-state index contributed by atoms with van der Waals surface area (Å²) in [4.78, 5) is 0. The van der Waals surface area contributed by atoms with Gasteiger partial charge in [0.05, 0.1) is 6.61 Å². The van der Waals surface area contributed by atoms with E-state index in [-0.39, 0.29) is 24.6 Å². The zero-order valence-electron chi connectivity index (χ0n) is 5.27. The predicted molar refractivity (Wildman–Crippen MR) is 29.3 cm³/mol. The van der Waals surface area contributed by atoms with E-state index in [1.165, 1.54) is 0 Å². The summed E-state index contributed by atoms with van der Waals surface area (Å²) in [6, 6.07) is 0. The standard InChI is InChI=1S/C6H8O4/c7-3-2-1-8-6(9-2)5-4(3)10-5/h2-7H,1H2/t2-,3+,4-,5+,6-/m1/s1. The maximum atomic E-state index is 9.38. The molecule has 0 saturated carbocycles. The van der Waals surface area contributed by atoms with Crippen LogP contribution in [-0.4, -0.2) is 42.4 Å². The topological polar surface area (TPSA) is 51.2 Å². The third kappa shape index (κ3) is 0.509. The Balaban J connectivity index is 1.91. The van der Waals surface area contributed by atoms with Gasteiger partial charge in [0, 0.05) is 0 Å². The van der Waals surface area contributed by atoms with Crippen molar-refractivity contribution in [3.8, 4) is 0 Å². The zero-order valence-corrected chi connectivity index (χ0v) is 5.27. The Morgan fingerprint density at radius 1 is 1.20 bits per heavy atom. The Kier molecular flexibility index (Phi) is 0.840. The number of aliphatic hydroxyl groups is 1. The maximum absolute atomic E-state index is 9.38. The maximum Gasteiger partial charge on any atom is 0.187 e. The molecule has 10 heavy (non-hydrogen) atoms. The second-order valence-electron chi connectivity index (χ2n) is 2.93. The Bertz CT molecular complexity index is 169. The van der Waals surface area contributed by atoms with Crippen LogP contribution in [0.2, 0.25) is 0 Å². The number of aliphatic hydroxyl groups excluding tert-OH is 1. The van der Waals surface area contributed by atoms with E-state index in [1.807, 2.05) is 0 Å². The molecule has 5 atom stereocenters. The average molecular weight is 144 g/mol. The number of ether oxygens (including phenoxy) is 3. The quantitative estimate of drug-likeness (QED) is 0.437. The first-order valence-electron chi connectivity index (χ1n) is 3.47. The summed E-state index contributed by atoms with van der Waals surface area (Å²) >= 11 is 0. The molecule has 0 aliphatic carbocycles. The average Bonchev–Trinajstić information content (AvgIpc) is 2.61. The van der Waals surface area contributed by atoms with Gasteiger partial charge in [0.25, 0.3) is 0 Å². The number of hydrogen-bond donors (Lipinski definition) is 1. The summed E-state index contributed by atoms with van der Waals surface area (Å²) in [5.41, 5.74) is 0. The van der Waals surface area contributed by atoms with E-state index in [0.717, 1.165) is 0 Å². The summed E-state index contributed by atoms with van der Waals surface area (Å²) in [6.45, 7) is 0.516. The van der Waals surface area contributed by atoms with Crippen LogP contribution >= 0.6 is 0 Å². The summed E-state index contributed by atoms with van der Waals surface area (Å²) in [7, 11) is 0. The van der Waals surface area contributed by atoms with Gasteiger partial charge in [-0.3, -0.25) is 0 Å². The van der Waals surface area contributed by atoms with Crippen molar-refractivity contribution in [2.75, 3.05) is 6.61 Å². The minimum absolute atomic E-state index is 0.00810. The van der Waals surface area contributed by atoms with Gasteiger partial charge >= 0.3 is 0 Å². The molecule has 0 aromatic heterocycles.